The number of fused-ring (bicyclic) bond motifs is 4. The van der Waals surface area contributed by atoms with Crippen LogP contribution in [0.1, 0.15) is 26.2 Å². The average molecular weight is 604 g/mol. The topological polar surface area (TPSA) is 92.4 Å². The number of nitrogens with two attached hydrogens (primary N) is 1. The largest absolute Gasteiger partial charge is 0.461 e. The summed E-state index contributed by atoms with van der Waals surface area (Å²) < 4.78 is 51.6. The van der Waals surface area contributed by atoms with Gasteiger partial charge in [-0.15, -0.1) is 0 Å². The minimum atomic E-state index is -0.951. The molecule has 0 amide bonds. The van der Waals surface area contributed by atoms with Crippen LogP contribution in [-0.2, 0) is 0 Å². The van der Waals surface area contributed by atoms with Crippen molar-refractivity contribution in [2.75, 3.05) is 43.9 Å². The first kappa shape index (κ1) is 26.9. The second kappa shape index (κ2) is 9.82. The number of piperazine rings is 1. The molecule has 4 aromatic rings. The predicted molar refractivity (Wildman–Crippen MR) is 156 cm³/mol. The lowest BCUT2D eigenvalue weighted by Crippen LogP contribution is -2.51. The van der Waals surface area contributed by atoms with Crippen molar-refractivity contribution in [3.8, 4) is 17.1 Å². The quantitative estimate of drug-likeness (QED) is 0.323. The number of nitrogen functional groups attached to an aromatic ring is 1. The second-order valence-electron chi connectivity index (χ2n) is 11.6. The average Bonchev–Trinajstić information content (AvgIpc) is 3.57. The van der Waals surface area contributed by atoms with Gasteiger partial charge in [-0.2, -0.15) is 9.97 Å². The molecule has 0 saturated carbocycles. The summed E-state index contributed by atoms with van der Waals surface area (Å²) >= 11 is 7.75. The maximum Gasteiger partial charge on any atom is 0.319 e. The van der Waals surface area contributed by atoms with E-state index in [9.17, 15) is 8.78 Å². The van der Waals surface area contributed by atoms with Crippen LogP contribution in [0.4, 0.5) is 24.1 Å². The lowest BCUT2D eigenvalue weighted by molar-refractivity contribution is 0.108. The molecule has 13 heteroatoms. The monoisotopic (exact) mass is 603 g/mol. The Hall–Kier alpha value is -2.93. The molecular weight excluding hydrogens is 575 g/mol. The molecule has 0 spiro atoms. The first-order valence-corrected chi connectivity index (χ1v) is 14.8. The second-order valence-corrected chi connectivity index (χ2v) is 13.0. The molecule has 3 unspecified atom stereocenters. The zero-order valence-electron chi connectivity index (χ0n) is 22.6. The van der Waals surface area contributed by atoms with Gasteiger partial charge in [-0.1, -0.05) is 22.9 Å². The number of rotatable bonds is 5. The van der Waals surface area contributed by atoms with Crippen LogP contribution < -0.4 is 20.7 Å². The van der Waals surface area contributed by atoms with Crippen molar-refractivity contribution in [3.63, 3.8) is 0 Å². The van der Waals surface area contributed by atoms with Gasteiger partial charge in [-0.3, -0.25) is 4.90 Å². The Balaban J connectivity index is 1.37. The third kappa shape index (κ3) is 4.55. The summed E-state index contributed by atoms with van der Waals surface area (Å²) in [5.41, 5.74) is 5.95. The number of likely N-dealkylation sites (N-methyl/N-ethyl adjacent to an activating group) is 1. The molecule has 8 nitrogen and oxygen atoms in total. The number of thiazole rings is 1. The zero-order chi connectivity index (χ0) is 28.6. The van der Waals surface area contributed by atoms with E-state index >= 15 is 4.39 Å². The number of hydrogen-bond acceptors (Lipinski definition) is 9. The Morgan fingerprint density at radius 1 is 1.15 bits per heavy atom. The highest BCUT2D eigenvalue weighted by Crippen LogP contribution is 2.43. The third-order valence-electron chi connectivity index (χ3n) is 8.71. The molecule has 4 atom stereocenters. The van der Waals surface area contributed by atoms with E-state index in [1.54, 1.807) is 6.07 Å². The molecular formula is C28H29ClF3N7OS. The molecule has 216 valence electrons. The van der Waals surface area contributed by atoms with Crippen molar-refractivity contribution in [2.24, 2.45) is 0 Å². The molecule has 3 fully saturated rings. The fourth-order valence-corrected chi connectivity index (χ4v) is 7.54. The highest BCUT2D eigenvalue weighted by atomic mass is 35.5. The van der Waals surface area contributed by atoms with Gasteiger partial charge in [0.1, 0.15) is 29.9 Å². The van der Waals surface area contributed by atoms with Gasteiger partial charge in [0.2, 0.25) is 0 Å². The molecule has 5 heterocycles. The van der Waals surface area contributed by atoms with Crippen molar-refractivity contribution in [3.05, 3.63) is 34.9 Å². The number of likely N-dealkylation sites (tertiary alicyclic amines) is 1. The Morgan fingerprint density at radius 3 is 2.61 bits per heavy atom. The van der Waals surface area contributed by atoms with Crippen LogP contribution in [0.25, 0.3) is 32.2 Å². The van der Waals surface area contributed by atoms with Gasteiger partial charge in [0.25, 0.3) is 0 Å². The van der Waals surface area contributed by atoms with E-state index in [1.807, 2.05) is 18.9 Å². The molecule has 41 heavy (non-hydrogen) atoms. The summed E-state index contributed by atoms with van der Waals surface area (Å²) in [6, 6.07) is 4.97. The van der Waals surface area contributed by atoms with Crippen LogP contribution in [0, 0.1) is 11.6 Å². The van der Waals surface area contributed by atoms with Crippen molar-refractivity contribution in [2.45, 2.75) is 50.0 Å². The number of nitrogens with zero attached hydrogens (tertiary/aromatic N) is 5. The number of nitrogens with one attached hydrogen (secondary N) is 1. The van der Waals surface area contributed by atoms with Gasteiger partial charge in [-0.25, -0.2) is 18.2 Å². The van der Waals surface area contributed by atoms with Crippen LogP contribution in [-0.4, -0.2) is 76.9 Å². The maximum absolute atomic E-state index is 16.6. The van der Waals surface area contributed by atoms with Crippen LogP contribution >= 0.6 is 22.9 Å². The number of halogens is 4. The Morgan fingerprint density at radius 2 is 1.90 bits per heavy atom. The van der Waals surface area contributed by atoms with Crippen LogP contribution in [0.2, 0.25) is 5.02 Å². The molecule has 2 aromatic heterocycles. The minimum Gasteiger partial charge on any atom is -0.461 e. The lowest BCUT2D eigenvalue weighted by atomic mass is 10.0. The minimum absolute atomic E-state index is 0.00430. The summed E-state index contributed by atoms with van der Waals surface area (Å²) in [5, 5.41) is 4.34. The summed E-state index contributed by atoms with van der Waals surface area (Å²) in [4.78, 5) is 17.6. The van der Waals surface area contributed by atoms with Crippen molar-refractivity contribution in [1.82, 2.24) is 25.2 Å². The SMILES string of the molecule is CN1C[C@H](F)CC1(C)COc1nc(N2CC3CCC(C2)N3)c2cc(Cl)c(-c3ccc(F)c4sc(N)nc34)c(F)c2n1. The summed E-state index contributed by atoms with van der Waals surface area (Å²) in [5.74, 6) is -0.650. The van der Waals surface area contributed by atoms with E-state index in [0.29, 0.717) is 54.9 Å². The normalized spacial score (nSPS) is 26.5. The van der Waals surface area contributed by atoms with E-state index in [1.165, 1.54) is 12.1 Å². The van der Waals surface area contributed by atoms with E-state index < -0.39 is 23.3 Å². The standard InChI is InChI=1S/C28H29ClF3N7OS/c1-28(8-13(30)9-38(28)2)12-40-27-36-22-17(25(37-27)39-10-14-3-4-15(11-39)34-14)7-18(29)20(21(22)32)16-5-6-19(31)24-23(16)35-26(33)41-24/h5-7,13-15,34H,3-4,8-12H2,1-2H3,(H2,33,35)/t13-,14?,15?,28?/m1/s1. The van der Waals surface area contributed by atoms with E-state index in [4.69, 9.17) is 27.1 Å². The highest BCUT2D eigenvalue weighted by molar-refractivity contribution is 7.22. The Bertz CT molecular complexity index is 1680. The smallest absolute Gasteiger partial charge is 0.319 e. The van der Waals surface area contributed by atoms with Gasteiger partial charge in [0.05, 0.1) is 20.8 Å². The first-order valence-electron chi connectivity index (χ1n) is 13.6. The molecule has 3 saturated heterocycles. The molecule has 0 radical (unpaired) electrons. The molecule has 3 aliphatic rings. The molecule has 2 bridgehead atoms. The predicted octanol–water partition coefficient (Wildman–Crippen LogP) is 5.17. The van der Waals surface area contributed by atoms with Crippen LogP contribution in [0.5, 0.6) is 6.01 Å². The van der Waals surface area contributed by atoms with Gasteiger partial charge in [-0.05, 0) is 45.0 Å². The van der Waals surface area contributed by atoms with E-state index in [0.717, 1.165) is 24.2 Å². The summed E-state index contributed by atoms with van der Waals surface area (Å²) in [6.07, 6.45) is 1.47. The fourth-order valence-electron chi connectivity index (χ4n) is 6.48. The van der Waals surface area contributed by atoms with Crippen molar-refractivity contribution >= 4 is 55.0 Å². The van der Waals surface area contributed by atoms with Crippen LogP contribution in [0.15, 0.2) is 18.2 Å². The number of anilines is 2. The van der Waals surface area contributed by atoms with Crippen molar-refractivity contribution < 1.29 is 17.9 Å². The number of alkyl halides is 1. The first-order chi connectivity index (χ1) is 19.6. The highest BCUT2D eigenvalue weighted by Gasteiger charge is 2.41. The van der Waals surface area contributed by atoms with Crippen molar-refractivity contribution in [1.29, 1.82) is 0 Å². The van der Waals surface area contributed by atoms with Gasteiger partial charge < -0.3 is 20.7 Å². The fraction of sp³-hybridized carbons (Fsp3) is 0.464. The Labute approximate surface area is 243 Å². The van der Waals surface area contributed by atoms with E-state index in [2.05, 4.69) is 20.2 Å². The van der Waals surface area contributed by atoms with Gasteiger partial charge >= 0.3 is 6.01 Å². The zero-order valence-corrected chi connectivity index (χ0v) is 24.1. The molecule has 3 N–H and O–H groups in total. The molecule has 0 aliphatic carbocycles. The third-order valence-corrected chi connectivity index (χ3v) is 9.90. The van der Waals surface area contributed by atoms with Crippen LogP contribution in [0.3, 0.4) is 0 Å². The van der Waals surface area contributed by atoms with Gasteiger partial charge in [0, 0.05) is 54.7 Å². The number of hydrogen-bond donors (Lipinski definition) is 2. The number of benzene rings is 2. The summed E-state index contributed by atoms with van der Waals surface area (Å²) in [7, 11) is 1.86. The van der Waals surface area contributed by atoms with Gasteiger partial charge in [0.15, 0.2) is 10.9 Å². The Kier molecular flexibility index (Phi) is 6.45. The number of ether oxygens (including phenoxy) is 1. The van der Waals surface area contributed by atoms with E-state index in [-0.39, 0.29) is 44.1 Å². The molecule has 7 rings (SSSR count). The molecule has 2 aromatic carbocycles. The molecule has 3 aliphatic heterocycles. The summed E-state index contributed by atoms with van der Waals surface area (Å²) in [6.45, 7) is 3.78. The number of aromatic nitrogens is 3. The lowest BCUT2D eigenvalue weighted by Gasteiger charge is -2.34. The maximum atomic E-state index is 16.6.